The number of carbonyl (C=O) groups is 1. The van der Waals surface area contributed by atoms with E-state index in [0.717, 1.165) is 18.4 Å². The van der Waals surface area contributed by atoms with E-state index in [1.165, 1.54) is 12.8 Å². The van der Waals surface area contributed by atoms with Gasteiger partial charge in [0.25, 0.3) is 0 Å². The standard InChI is InChI=1S/C13H20O2/c1-3-5-6-7-9-12-11(8-4-2)10-15-13(12)14/h4,8-9,11H,3,5-7,10H2,1-2H3/b8-4+,12-9-/t11-/m1/s1. The highest BCUT2D eigenvalue weighted by Crippen LogP contribution is 2.23. The summed E-state index contributed by atoms with van der Waals surface area (Å²) in [6, 6.07) is 0. The number of cyclic esters (lactones) is 1. The topological polar surface area (TPSA) is 26.3 Å². The Morgan fingerprint density at radius 1 is 1.47 bits per heavy atom. The number of rotatable bonds is 5. The molecule has 0 aromatic heterocycles. The monoisotopic (exact) mass is 208 g/mol. The maximum Gasteiger partial charge on any atom is 0.334 e. The van der Waals surface area contributed by atoms with Gasteiger partial charge in [0.2, 0.25) is 0 Å². The molecule has 0 unspecified atom stereocenters. The van der Waals surface area contributed by atoms with Crippen molar-refractivity contribution in [2.75, 3.05) is 6.61 Å². The normalized spacial score (nSPS) is 24.0. The molecule has 1 fully saturated rings. The first-order chi connectivity index (χ1) is 7.29. The zero-order valence-corrected chi connectivity index (χ0v) is 9.66. The van der Waals surface area contributed by atoms with E-state index in [1.54, 1.807) is 0 Å². The number of allylic oxidation sites excluding steroid dienone is 2. The second-order valence-electron chi connectivity index (χ2n) is 3.89. The van der Waals surface area contributed by atoms with E-state index >= 15 is 0 Å². The highest BCUT2D eigenvalue weighted by molar-refractivity contribution is 5.91. The van der Waals surface area contributed by atoms with E-state index < -0.39 is 0 Å². The van der Waals surface area contributed by atoms with Gasteiger partial charge in [0.15, 0.2) is 0 Å². The van der Waals surface area contributed by atoms with Gasteiger partial charge in [0, 0.05) is 11.5 Å². The molecule has 0 aromatic rings. The van der Waals surface area contributed by atoms with Crippen molar-refractivity contribution in [2.45, 2.75) is 39.5 Å². The van der Waals surface area contributed by atoms with E-state index in [4.69, 9.17) is 4.74 Å². The predicted octanol–water partition coefficient (Wildman–Crippen LogP) is 3.24. The Kier molecular flexibility index (Phi) is 5.16. The average Bonchev–Trinajstić information content (AvgIpc) is 2.56. The fourth-order valence-corrected chi connectivity index (χ4v) is 1.77. The molecule has 1 saturated heterocycles. The molecule has 84 valence electrons. The molecule has 0 aromatic carbocycles. The van der Waals surface area contributed by atoms with Crippen LogP contribution in [0.4, 0.5) is 0 Å². The van der Waals surface area contributed by atoms with Crippen molar-refractivity contribution >= 4 is 5.97 Å². The van der Waals surface area contributed by atoms with Crippen LogP contribution in [0.3, 0.4) is 0 Å². The molecule has 1 aliphatic rings. The number of ether oxygens (including phenoxy) is 1. The number of carbonyl (C=O) groups excluding carboxylic acids is 1. The summed E-state index contributed by atoms with van der Waals surface area (Å²) in [5.41, 5.74) is 0.851. The van der Waals surface area contributed by atoms with Gasteiger partial charge in [-0.25, -0.2) is 4.79 Å². The van der Waals surface area contributed by atoms with Crippen molar-refractivity contribution in [3.63, 3.8) is 0 Å². The van der Waals surface area contributed by atoms with E-state index in [-0.39, 0.29) is 11.9 Å². The first kappa shape index (κ1) is 12.0. The Hall–Kier alpha value is -1.05. The Bertz CT molecular complexity index is 264. The maximum absolute atomic E-state index is 11.4. The minimum atomic E-state index is -0.130. The molecule has 2 heteroatoms. The van der Waals surface area contributed by atoms with Crippen molar-refractivity contribution in [2.24, 2.45) is 5.92 Å². The minimum absolute atomic E-state index is 0.130. The van der Waals surface area contributed by atoms with Gasteiger partial charge in [-0.2, -0.15) is 0 Å². The molecule has 15 heavy (non-hydrogen) atoms. The van der Waals surface area contributed by atoms with Gasteiger partial charge >= 0.3 is 5.97 Å². The van der Waals surface area contributed by atoms with Crippen LogP contribution in [-0.4, -0.2) is 12.6 Å². The zero-order valence-electron chi connectivity index (χ0n) is 9.66. The number of hydrogen-bond acceptors (Lipinski definition) is 2. The smallest absolute Gasteiger partial charge is 0.334 e. The summed E-state index contributed by atoms with van der Waals surface area (Å²) in [5.74, 6) is 0.0544. The molecule has 0 amide bonds. The second-order valence-corrected chi connectivity index (χ2v) is 3.89. The third kappa shape index (κ3) is 3.54. The number of hydrogen-bond donors (Lipinski definition) is 0. The molecule has 1 aliphatic heterocycles. The Morgan fingerprint density at radius 2 is 2.27 bits per heavy atom. The predicted molar refractivity (Wildman–Crippen MR) is 61.5 cm³/mol. The van der Waals surface area contributed by atoms with Crippen molar-refractivity contribution in [3.8, 4) is 0 Å². The van der Waals surface area contributed by atoms with Crippen LogP contribution >= 0.6 is 0 Å². The van der Waals surface area contributed by atoms with Gasteiger partial charge in [0.05, 0.1) is 0 Å². The lowest BCUT2D eigenvalue weighted by molar-refractivity contribution is -0.135. The lowest BCUT2D eigenvalue weighted by Gasteiger charge is -2.00. The van der Waals surface area contributed by atoms with E-state index in [9.17, 15) is 4.79 Å². The van der Waals surface area contributed by atoms with Crippen molar-refractivity contribution in [1.82, 2.24) is 0 Å². The minimum Gasteiger partial charge on any atom is -0.461 e. The SMILES string of the molecule is C/C=C/[C@@H]1COC(=O)/C1=C\CCCCC. The van der Waals surface area contributed by atoms with E-state index in [1.807, 2.05) is 19.1 Å². The van der Waals surface area contributed by atoms with Crippen LogP contribution in [0.5, 0.6) is 0 Å². The van der Waals surface area contributed by atoms with E-state index in [0.29, 0.717) is 6.61 Å². The summed E-state index contributed by atoms with van der Waals surface area (Å²) in [7, 11) is 0. The fourth-order valence-electron chi connectivity index (χ4n) is 1.77. The quantitative estimate of drug-likeness (QED) is 0.300. The lowest BCUT2D eigenvalue weighted by Crippen LogP contribution is -2.00. The molecule has 0 N–H and O–H groups in total. The molecule has 0 bridgehead atoms. The van der Waals surface area contributed by atoms with Crippen LogP contribution in [0, 0.1) is 5.92 Å². The summed E-state index contributed by atoms with van der Waals surface area (Å²) in [6.07, 6.45) is 10.7. The third-order valence-corrected chi connectivity index (χ3v) is 2.63. The van der Waals surface area contributed by atoms with Crippen LogP contribution in [0.15, 0.2) is 23.8 Å². The number of esters is 1. The van der Waals surface area contributed by atoms with Crippen LogP contribution in [0.25, 0.3) is 0 Å². The van der Waals surface area contributed by atoms with Gasteiger partial charge in [-0.15, -0.1) is 0 Å². The Labute approximate surface area is 92.0 Å². The first-order valence-electron chi connectivity index (χ1n) is 5.79. The summed E-state index contributed by atoms with van der Waals surface area (Å²) in [6.45, 7) is 4.67. The molecule has 0 saturated carbocycles. The van der Waals surface area contributed by atoms with Crippen molar-refractivity contribution in [3.05, 3.63) is 23.8 Å². The van der Waals surface area contributed by atoms with Gasteiger partial charge in [-0.1, -0.05) is 38.0 Å². The molecule has 0 spiro atoms. The summed E-state index contributed by atoms with van der Waals surface area (Å²) < 4.78 is 5.03. The van der Waals surface area contributed by atoms with Gasteiger partial charge in [-0.05, 0) is 19.8 Å². The van der Waals surface area contributed by atoms with Crippen LogP contribution in [0.1, 0.15) is 39.5 Å². The van der Waals surface area contributed by atoms with Crippen LogP contribution < -0.4 is 0 Å². The van der Waals surface area contributed by atoms with Gasteiger partial charge < -0.3 is 4.74 Å². The number of unbranched alkanes of at least 4 members (excludes halogenated alkanes) is 3. The molecule has 2 nitrogen and oxygen atoms in total. The molecule has 1 atom stereocenters. The fraction of sp³-hybridized carbons (Fsp3) is 0.615. The highest BCUT2D eigenvalue weighted by atomic mass is 16.5. The van der Waals surface area contributed by atoms with Crippen molar-refractivity contribution in [1.29, 1.82) is 0 Å². The summed E-state index contributed by atoms with van der Waals surface area (Å²) in [4.78, 5) is 11.4. The van der Waals surface area contributed by atoms with E-state index in [2.05, 4.69) is 13.0 Å². The summed E-state index contributed by atoms with van der Waals surface area (Å²) in [5, 5.41) is 0. The van der Waals surface area contributed by atoms with Crippen LogP contribution in [0.2, 0.25) is 0 Å². The lowest BCUT2D eigenvalue weighted by atomic mass is 10.00. The molecular formula is C13H20O2. The third-order valence-electron chi connectivity index (χ3n) is 2.63. The molecule has 0 aliphatic carbocycles. The average molecular weight is 208 g/mol. The highest BCUT2D eigenvalue weighted by Gasteiger charge is 2.27. The van der Waals surface area contributed by atoms with Crippen LogP contribution in [-0.2, 0) is 9.53 Å². The maximum atomic E-state index is 11.4. The molecule has 1 heterocycles. The Balaban J connectivity index is 2.51. The van der Waals surface area contributed by atoms with Gasteiger partial charge in [-0.3, -0.25) is 0 Å². The van der Waals surface area contributed by atoms with Crippen molar-refractivity contribution < 1.29 is 9.53 Å². The molecule has 0 radical (unpaired) electrons. The largest absolute Gasteiger partial charge is 0.461 e. The zero-order chi connectivity index (χ0) is 11.1. The second kappa shape index (κ2) is 6.44. The molecule has 1 rings (SSSR count). The summed E-state index contributed by atoms with van der Waals surface area (Å²) >= 11 is 0. The first-order valence-corrected chi connectivity index (χ1v) is 5.79. The van der Waals surface area contributed by atoms with Gasteiger partial charge in [0.1, 0.15) is 6.61 Å². The molecular weight excluding hydrogens is 188 g/mol. The Morgan fingerprint density at radius 3 is 2.93 bits per heavy atom.